The number of amides is 1. The summed E-state index contributed by atoms with van der Waals surface area (Å²) in [5, 5.41) is 12.3. The second-order valence-electron chi connectivity index (χ2n) is 7.12. The summed E-state index contributed by atoms with van der Waals surface area (Å²) in [4.78, 5) is 14.6. The van der Waals surface area contributed by atoms with Crippen LogP contribution in [0.1, 0.15) is 5.56 Å². The van der Waals surface area contributed by atoms with Gasteiger partial charge in [-0.05, 0) is 31.2 Å². The molecule has 0 bridgehead atoms. The summed E-state index contributed by atoms with van der Waals surface area (Å²) in [5.74, 6) is 2.30. The molecule has 1 aromatic heterocycles. The number of anilines is 3. The van der Waals surface area contributed by atoms with Gasteiger partial charge in [0.1, 0.15) is 13.2 Å². The molecule has 0 radical (unpaired) electrons. The smallest absolute Gasteiger partial charge is 0.234 e. The lowest BCUT2D eigenvalue weighted by molar-refractivity contribution is -0.113. The summed E-state index contributed by atoms with van der Waals surface area (Å²) in [6.07, 6.45) is 0. The average molecular weight is 423 g/mol. The van der Waals surface area contributed by atoms with Crippen molar-refractivity contribution < 1.29 is 14.3 Å². The number of fused-ring (bicyclic) bond motifs is 2. The van der Waals surface area contributed by atoms with Crippen molar-refractivity contribution in [3.05, 3.63) is 48.0 Å². The first-order chi connectivity index (χ1) is 14.7. The molecular formula is C21H21N5O3S. The number of ether oxygens (including phenoxy) is 2. The first-order valence-corrected chi connectivity index (χ1v) is 10.8. The molecule has 8 nitrogen and oxygen atoms in total. The third-order valence-electron chi connectivity index (χ3n) is 4.99. The molecule has 2 aliphatic heterocycles. The Balaban J connectivity index is 1.22. The van der Waals surface area contributed by atoms with E-state index in [0.717, 1.165) is 29.9 Å². The van der Waals surface area contributed by atoms with Gasteiger partial charge < -0.3 is 19.7 Å². The minimum Gasteiger partial charge on any atom is -0.486 e. The summed E-state index contributed by atoms with van der Waals surface area (Å²) in [6, 6.07) is 13.8. The first kappa shape index (κ1) is 18.8. The fourth-order valence-electron chi connectivity index (χ4n) is 3.50. The van der Waals surface area contributed by atoms with Crippen LogP contribution in [0.2, 0.25) is 0 Å². The molecule has 3 aromatic rings. The van der Waals surface area contributed by atoms with E-state index in [0.29, 0.717) is 30.4 Å². The molecular weight excluding hydrogens is 402 g/mol. The minimum atomic E-state index is -0.109. The topological polar surface area (TPSA) is 81.5 Å². The van der Waals surface area contributed by atoms with Crippen molar-refractivity contribution in [3.8, 4) is 11.5 Å². The van der Waals surface area contributed by atoms with E-state index in [2.05, 4.69) is 56.2 Å². The molecule has 1 amide bonds. The van der Waals surface area contributed by atoms with E-state index in [1.165, 1.54) is 17.3 Å². The monoisotopic (exact) mass is 423 g/mol. The van der Waals surface area contributed by atoms with Crippen LogP contribution in [0.25, 0.3) is 0 Å². The Kier molecular flexibility index (Phi) is 4.96. The molecule has 0 saturated carbocycles. The quantitative estimate of drug-likeness (QED) is 0.631. The van der Waals surface area contributed by atoms with Crippen LogP contribution in [0.5, 0.6) is 11.5 Å². The van der Waals surface area contributed by atoms with Gasteiger partial charge in [-0.2, -0.15) is 0 Å². The second-order valence-corrected chi connectivity index (χ2v) is 8.06. The SMILES string of the molecule is Cc1ccc(N2CCn3c(SCC(=O)Nc4ccc5c(c4)OCCO5)nnc32)cc1. The van der Waals surface area contributed by atoms with Crippen molar-refractivity contribution >= 4 is 35.0 Å². The lowest BCUT2D eigenvalue weighted by atomic mass is 10.2. The van der Waals surface area contributed by atoms with Gasteiger partial charge in [-0.3, -0.25) is 9.36 Å². The molecule has 30 heavy (non-hydrogen) atoms. The van der Waals surface area contributed by atoms with E-state index < -0.39 is 0 Å². The minimum absolute atomic E-state index is 0.109. The largest absolute Gasteiger partial charge is 0.486 e. The molecule has 2 aliphatic rings. The molecule has 1 N–H and O–H groups in total. The highest BCUT2D eigenvalue weighted by Crippen LogP contribution is 2.34. The van der Waals surface area contributed by atoms with Gasteiger partial charge in [0.05, 0.1) is 5.75 Å². The zero-order valence-corrected chi connectivity index (χ0v) is 17.3. The Morgan fingerprint density at radius 2 is 1.87 bits per heavy atom. The molecule has 0 atom stereocenters. The maximum atomic E-state index is 12.4. The third kappa shape index (κ3) is 3.68. The van der Waals surface area contributed by atoms with E-state index in [1.54, 1.807) is 6.07 Å². The first-order valence-electron chi connectivity index (χ1n) is 9.77. The summed E-state index contributed by atoms with van der Waals surface area (Å²) < 4.78 is 13.1. The van der Waals surface area contributed by atoms with Gasteiger partial charge in [0.2, 0.25) is 11.9 Å². The normalized spacial score (nSPS) is 14.5. The van der Waals surface area contributed by atoms with Gasteiger partial charge in [0.15, 0.2) is 16.7 Å². The Labute approximate surface area is 178 Å². The van der Waals surface area contributed by atoms with Gasteiger partial charge in [0.25, 0.3) is 0 Å². The molecule has 5 rings (SSSR count). The highest BCUT2D eigenvalue weighted by atomic mass is 32.2. The molecule has 3 heterocycles. The number of carbonyl (C=O) groups is 1. The van der Waals surface area contributed by atoms with Crippen molar-refractivity contribution in [1.29, 1.82) is 0 Å². The lowest BCUT2D eigenvalue weighted by Gasteiger charge is -2.18. The molecule has 154 valence electrons. The van der Waals surface area contributed by atoms with E-state index in [9.17, 15) is 4.79 Å². The van der Waals surface area contributed by atoms with Crippen LogP contribution in [0.4, 0.5) is 17.3 Å². The Morgan fingerprint density at radius 3 is 2.70 bits per heavy atom. The van der Waals surface area contributed by atoms with Gasteiger partial charge >= 0.3 is 0 Å². The van der Waals surface area contributed by atoms with Crippen molar-refractivity contribution in [2.24, 2.45) is 0 Å². The predicted octanol–water partition coefficient (Wildman–Crippen LogP) is 3.24. The maximum Gasteiger partial charge on any atom is 0.234 e. The molecule has 2 aromatic carbocycles. The maximum absolute atomic E-state index is 12.4. The number of benzene rings is 2. The number of aryl methyl sites for hydroxylation is 1. The zero-order valence-electron chi connectivity index (χ0n) is 16.5. The van der Waals surface area contributed by atoms with E-state index in [4.69, 9.17) is 9.47 Å². The summed E-state index contributed by atoms with van der Waals surface area (Å²) in [7, 11) is 0. The van der Waals surface area contributed by atoms with E-state index in [1.807, 2.05) is 12.1 Å². The third-order valence-corrected chi connectivity index (χ3v) is 5.96. The van der Waals surface area contributed by atoms with Crippen LogP contribution < -0.4 is 19.7 Å². The highest BCUT2D eigenvalue weighted by Gasteiger charge is 2.26. The number of nitrogens with zero attached hydrogens (tertiary/aromatic N) is 4. The summed E-state index contributed by atoms with van der Waals surface area (Å²) in [6.45, 7) is 4.76. The fourth-order valence-corrected chi connectivity index (χ4v) is 4.26. The number of thioether (sulfide) groups is 1. The Morgan fingerprint density at radius 1 is 1.07 bits per heavy atom. The number of rotatable bonds is 5. The summed E-state index contributed by atoms with van der Waals surface area (Å²) >= 11 is 1.38. The van der Waals surface area contributed by atoms with Crippen molar-refractivity contribution in [2.75, 3.05) is 35.7 Å². The molecule has 0 saturated heterocycles. The van der Waals surface area contributed by atoms with Crippen LogP contribution in [-0.4, -0.2) is 46.2 Å². The number of hydrogen-bond acceptors (Lipinski definition) is 7. The number of carbonyl (C=O) groups excluding carboxylic acids is 1. The average Bonchev–Trinajstić information content (AvgIpc) is 3.35. The van der Waals surface area contributed by atoms with Crippen molar-refractivity contribution in [3.63, 3.8) is 0 Å². The van der Waals surface area contributed by atoms with Crippen LogP contribution >= 0.6 is 11.8 Å². The Bertz CT molecular complexity index is 1080. The molecule has 0 spiro atoms. The van der Waals surface area contributed by atoms with Gasteiger partial charge in [-0.15, -0.1) is 10.2 Å². The van der Waals surface area contributed by atoms with Gasteiger partial charge in [-0.25, -0.2) is 0 Å². The van der Waals surface area contributed by atoms with Gasteiger partial charge in [0, 0.05) is 30.5 Å². The van der Waals surface area contributed by atoms with Crippen LogP contribution in [0.15, 0.2) is 47.6 Å². The Hall–Kier alpha value is -3.20. The predicted molar refractivity (Wildman–Crippen MR) is 115 cm³/mol. The van der Waals surface area contributed by atoms with Crippen LogP contribution in [-0.2, 0) is 11.3 Å². The van der Waals surface area contributed by atoms with Crippen molar-refractivity contribution in [1.82, 2.24) is 14.8 Å². The number of aromatic nitrogens is 3. The van der Waals surface area contributed by atoms with Crippen molar-refractivity contribution in [2.45, 2.75) is 18.6 Å². The standard InChI is InChI=1S/C21H21N5O3S/c1-14-2-5-16(6-3-14)25-8-9-26-20(25)23-24-21(26)30-13-19(27)22-15-4-7-17-18(12-15)29-11-10-28-17/h2-7,12H,8-11,13H2,1H3,(H,22,27). The molecule has 0 aliphatic carbocycles. The van der Waals surface area contributed by atoms with Crippen LogP contribution in [0, 0.1) is 6.92 Å². The zero-order chi connectivity index (χ0) is 20.5. The van der Waals surface area contributed by atoms with Crippen LogP contribution in [0.3, 0.4) is 0 Å². The number of hydrogen-bond donors (Lipinski definition) is 1. The summed E-state index contributed by atoms with van der Waals surface area (Å²) in [5.41, 5.74) is 3.00. The van der Waals surface area contributed by atoms with Gasteiger partial charge in [-0.1, -0.05) is 29.5 Å². The molecule has 0 fully saturated rings. The number of nitrogens with one attached hydrogen (secondary N) is 1. The van der Waals surface area contributed by atoms with E-state index in [-0.39, 0.29) is 11.7 Å². The highest BCUT2D eigenvalue weighted by molar-refractivity contribution is 7.99. The lowest BCUT2D eigenvalue weighted by Crippen LogP contribution is -2.17. The molecule has 0 unspecified atom stereocenters. The fraction of sp³-hybridized carbons (Fsp3) is 0.286. The van der Waals surface area contributed by atoms with E-state index >= 15 is 0 Å². The molecule has 9 heteroatoms. The second kappa shape index (κ2) is 7.91.